The molecule has 2 heterocycles. The number of aromatic nitrogens is 3. The molecule has 1 saturated heterocycles. The van der Waals surface area contributed by atoms with Gasteiger partial charge in [-0.15, -0.1) is 5.10 Å². The smallest absolute Gasteiger partial charge is 0.326 e. The van der Waals surface area contributed by atoms with Gasteiger partial charge in [0.15, 0.2) is 0 Å². The molecule has 1 aromatic heterocycles. The number of aliphatic hydroxyl groups is 1. The molecule has 3 N–H and O–H groups in total. The molecule has 0 bridgehead atoms. The summed E-state index contributed by atoms with van der Waals surface area (Å²) in [4.78, 5) is 41.2. The second-order valence-corrected chi connectivity index (χ2v) is 11.7. The summed E-state index contributed by atoms with van der Waals surface area (Å²) < 4.78 is 1.52. The molecule has 5 rings (SSSR count). The van der Waals surface area contributed by atoms with Gasteiger partial charge in [-0.3, -0.25) is 9.59 Å². The van der Waals surface area contributed by atoms with E-state index in [1.54, 1.807) is 19.9 Å². The molecule has 0 unspecified atom stereocenters. The molecule has 10 nitrogen and oxygen atoms in total. The quantitative estimate of drug-likeness (QED) is 0.391. The fourth-order valence-corrected chi connectivity index (χ4v) is 6.17. The van der Waals surface area contributed by atoms with Crippen LogP contribution in [0.5, 0.6) is 0 Å². The fourth-order valence-electron chi connectivity index (χ4n) is 6.17. The number of carboxylic acid groups (broad SMARTS) is 1. The first kappa shape index (κ1) is 27.8. The van der Waals surface area contributed by atoms with Crippen LogP contribution in [0.4, 0.5) is 0 Å². The van der Waals surface area contributed by atoms with Gasteiger partial charge in [0, 0.05) is 18.5 Å². The second kappa shape index (κ2) is 11.4. The second-order valence-electron chi connectivity index (χ2n) is 11.7. The van der Waals surface area contributed by atoms with E-state index in [0.29, 0.717) is 17.7 Å². The van der Waals surface area contributed by atoms with Crippen LogP contribution in [0.1, 0.15) is 80.9 Å². The van der Waals surface area contributed by atoms with Crippen molar-refractivity contribution in [3.8, 4) is 0 Å². The number of carbonyl (C=O) groups excluding carboxylic acids is 2. The van der Waals surface area contributed by atoms with Gasteiger partial charge in [-0.05, 0) is 49.1 Å². The molecule has 1 aliphatic carbocycles. The first-order chi connectivity index (χ1) is 19.1. The Morgan fingerprint density at radius 3 is 2.50 bits per heavy atom. The van der Waals surface area contributed by atoms with Gasteiger partial charge in [-0.2, -0.15) is 0 Å². The molecule has 3 atom stereocenters. The summed E-state index contributed by atoms with van der Waals surface area (Å²) in [6.45, 7) is 3.31. The predicted molar refractivity (Wildman–Crippen MR) is 148 cm³/mol. The summed E-state index contributed by atoms with van der Waals surface area (Å²) >= 11 is 0. The number of likely N-dealkylation sites (tertiary alicyclic amines) is 1. The number of aliphatic carboxylic acids is 1. The van der Waals surface area contributed by atoms with Crippen molar-refractivity contribution in [1.82, 2.24) is 25.2 Å². The van der Waals surface area contributed by atoms with Crippen LogP contribution in [-0.4, -0.2) is 66.5 Å². The summed E-state index contributed by atoms with van der Waals surface area (Å²) in [6, 6.07) is 10.8. The molecule has 0 spiro atoms. The first-order valence-corrected chi connectivity index (χ1v) is 14.1. The van der Waals surface area contributed by atoms with Crippen LogP contribution in [0, 0.1) is 5.92 Å². The lowest BCUT2D eigenvalue weighted by Crippen LogP contribution is -2.52. The summed E-state index contributed by atoms with van der Waals surface area (Å²) in [7, 11) is 0. The highest BCUT2D eigenvalue weighted by atomic mass is 16.4. The van der Waals surface area contributed by atoms with E-state index in [0.717, 1.165) is 42.9 Å². The number of hydrogen-bond donors (Lipinski definition) is 3. The molecule has 0 radical (unpaired) electrons. The SMILES string of the molecule is CC(C)(O)c1cnnn1[C@H]1C[C@@H](C(=O)O)N(C(=O)[C@H](CC2CCCCC2)NC(=O)c2ccc3ccccc3c2)C1. The number of hydrogen-bond acceptors (Lipinski definition) is 6. The van der Waals surface area contributed by atoms with Gasteiger partial charge in [-0.1, -0.05) is 67.6 Å². The minimum atomic E-state index is -1.24. The number of benzene rings is 2. The maximum Gasteiger partial charge on any atom is 0.326 e. The zero-order valence-corrected chi connectivity index (χ0v) is 23.0. The Kier molecular flexibility index (Phi) is 7.89. The zero-order valence-electron chi connectivity index (χ0n) is 23.0. The number of nitrogens with zero attached hydrogens (tertiary/aromatic N) is 4. The largest absolute Gasteiger partial charge is 0.480 e. The highest BCUT2D eigenvalue weighted by molar-refractivity contribution is 6.01. The molecule has 1 aliphatic heterocycles. The fraction of sp³-hybridized carbons (Fsp3) is 0.500. The van der Waals surface area contributed by atoms with E-state index in [2.05, 4.69) is 15.6 Å². The first-order valence-electron chi connectivity index (χ1n) is 14.1. The molecule has 2 aromatic carbocycles. The molecular formula is C30H37N5O5. The van der Waals surface area contributed by atoms with Gasteiger partial charge >= 0.3 is 5.97 Å². The van der Waals surface area contributed by atoms with E-state index in [4.69, 9.17) is 0 Å². The van der Waals surface area contributed by atoms with Crippen molar-refractivity contribution in [3.05, 3.63) is 59.9 Å². The lowest BCUT2D eigenvalue weighted by Gasteiger charge is -2.31. The third kappa shape index (κ3) is 5.86. The minimum absolute atomic E-state index is 0.0925. The van der Waals surface area contributed by atoms with Gasteiger partial charge in [0.25, 0.3) is 5.91 Å². The number of rotatable bonds is 8. The molecule has 212 valence electrons. The number of nitrogens with one attached hydrogen (secondary N) is 1. The lowest BCUT2D eigenvalue weighted by molar-refractivity contribution is -0.149. The van der Waals surface area contributed by atoms with Crippen LogP contribution in [0.2, 0.25) is 0 Å². The van der Waals surface area contributed by atoms with Gasteiger partial charge in [0.1, 0.15) is 17.7 Å². The number of carbonyl (C=O) groups is 3. The minimum Gasteiger partial charge on any atom is -0.480 e. The number of fused-ring (bicyclic) bond motifs is 1. The Hall–Kier alpha value is -3.79. The van der Waals surface area contributed by atoms with E-state index in [9.17, 15) is 24.6 Å². The standard InChI is InChI=1S/C30H37N5O5/c1-30(2,40)26-17-31-33-35(26)23-16-25(29(38)39)34(18-23)28(37)24(14-19-8-4-3-5-9-19)32-27(36)22-13-12-20-10-6-7-11-21(20)15-22/h6-7,10-13,15,17,19,23-25,40H,3-5,8-9,14,16,18H2,1-2H3,(H,32,36)(H,38,39)/t23-,24-,25-/m0/s1. The van der Waals surface area contributed by atoms with Crippen LogP contribution in [0.3, 0.4) is 0 Å². The van der Waals surface area contributed by atoms with Crippen molar-refractivity contribution >= 4 is 28.6 Å². The van der Waals surface area contributed by atoms with Crippen LogP contribution in [-0.2, 0) is 15.2 Å². The maximum absolute atomic E-state index is 14.1. The van der Waals surface area contributed by atoms with E-state index < -0.39 is 35.6 Å². The summed E-state index contributed by atoms with van der Waals surface area (Å²) in [6.07, 6.45) is 7.33. The molecule has 10 heteroatoms. The third-order valence-corrected chi connectivity index (χ3v) is 8.30. The third-order valence-electron chi connectivity index (χ3n) is 8.30. The van der Waals surface area contributed by atoms with Gasteiger partial charge in [0.2, 0.25) is 5.91 Å². The van der Waals surface area contributed by atoms with Gasteiger partial charge < -0.3 is 20.4 Å². The lowest BCUT2D eigenvalue weighted by atomic mass is 9.84. The zero-order chi connectivity index (χ0) is 28.4. The molecular weight excluding hydrogens is 510 g/mol. The normalized spacial score (nSPS) is 20.9. The van der Waals surface area contributed by atoms with E-state index in [-0.39, 0.29) is 24.8 Å². The summed E-state index contributed by atoms with van der Waals surface area (Å²) in [5.74, 6) is -1.60. The summed E-state index contributed by atoms with van der Waals surface area (Å²) in [5, 5.41) is 33.6. The van der Waals surface area contributed by atoms with Gasteiger partial charge in [-0.25, -0.2) is 9.48 Å². The van der Waals surface area contributed by atoms with Crippen LogP contribution in [0.25, 0.3) is 10.8 Å². The number of carboxylic acids is 1. The van der Waals surface area contributed by atoms with Gasteiger partial charge in [0.05, 0.1) is 17.9 Å². The van der Waals surface area contributed by atoms with E-state index >= 15 is 0 Å². The van der Waals surface area contributed by atoms with E-state index in [1.807, 2.05) is 36.4 Å². The average molecular weight is 548 g/mol. The van der Waals surface area contributed by atoms with Crippen molar-refractivity contribution in [3.63, 3.8) is 0 Å². The highest BCUT2D eigenvalue weighted by Gasteiger charge is 2.44. The van der Waals surface area contributed by atoms with Crippen LogP contribution < -0.4 is 5.32 Å². The molecule has 2 aliphatic rings. The average Bonchev–Trinajstić information content (AvgIpc) is 3.60. The van der Waals surface area contributed by atoms with Crippen LogP contribution >= 0.6 is 0 Å². The molecule has 2 amide bonds. The monoisotopic (exact) mass is 547 g/mol. The number of amides is 2. The Balaban J connectivity index is 1.41. The Bertz CT molecular complexity index is 1390. The molecule has 1 saturated carbocycles. The molecule has 3 aromatic rings. The van der Waals surface area contributed by atoms with E-state index in [1.165, 1.54) is 15.8 Å². The molecule has 2 fully saturated rings. The maximum atomic E-state index is 14.1. The predicted octanol–water partition coefficient (Wildman–Crippen LogP) is 3.65. The van der Waals surface area contributed by atoms with Crippen molar-refractivity contribution in [2.45, 2.75) is 82.5 Å². The van der Waals surface area contributed by atoms with Crippen molar-refractivity contribution in [1.29, 1.82) is 0 Å². The summed E-state index contributed by atoms with van der Waals surface area (Å²) in [5.41, 5.74) is -0.345. The van der Waals surface area contributed by atoms with Crippen molar-refractivity contribution in [2.24, 2.45) is 5.92 Å². The Morgan fingerprint density at radius 1 is 1.07 bits per heavy atom. The van der Waals surface area contributed by atoms with Crippen molar-refractivity contribution in [2.75, 3.05) is 6.54 Å². The Labute approximate surface area is 233 Å². The Morgan fingerprint density at radius 2 is 1.80 bits per heavy atom. The van der Waals surface area contributed by atoms with Crippen molar-refractivity contribution < 1.29 is 24.6 Å². The van der Waals surface area contributed by atoms with Crippen LogP contribution in [0.15, 0.2) is 48.7 Å². The highest BCUT2D eigenvalue weighted by Crippen LogP contribution is 2.33. The topological polar surface area (TPSA) is 138 Å². The molecule has 40 heavy (non-hydrogen) atoms.